The van der Waals surface area contributed by atoms with E-state index in [1.807, 2.05) is 0 Å². The van der Waals surface area contributed by atoms with Gasteiger partial charge in [-0.25, -0.2) is 13.6 Å². The minimum absolute atomic E-state index is 0.0631. The highest BCUT2D eigenvalue weighted by molar-refractivity contribution is 5.89. The third-order valence-corrected chi connectivity index (χ3v) is 3.88. The van der Waals surface area contributed by atoms with Crippen LogP contribution in [0.25, 0.3) is 0 Å². The van der Waals surface area contributed by atoms with Gasteiger partial charge in [0.1, 0.15) is 28.7 Å². The number of hydrogen-bond acceptors (Lipinski definition) is 3. The van der Waals surface area contributed by atoms with Crippen molar-refractivity contribution in [3.05, 3.63) is 46.9 Å². The van der Waals surface area contributed by atoms with Gasteiger partial charge in [-0.15, -0.1) is 0 Å². The summed E-state index contributed by atoms with van der Waals surface area (Å²) in [7, 11) is 1.40. The van der Waals surface area contributed by atoms with Crippen LogP contribution in [0.15, 0.2) is 22.7 Å². The number of carbonyl (C=O) groups is 1. The Labute approximate surface area is 144 Å². The van der Waals surface area contributed by atoms with Gasteiger partial charge in [0.15, 0.2) is 0 Å². The summed E-state index contributed by atoms with van der Waals surface area (Å²) in [6.07, 6.45) is -3.12. The quantitative estimate of drug-likeness (QED) is 0.800. The predicted molar refractivity (Wildman–Crippen MR) is 80.3 cm³/mol. The molecule has 0 spiro atoms. The van der Waals surface area contributed by atoms with Gasteiger partial charge in [0.2, 0.25) is 0 Å². The maximum Gasteiger partial charge on any atom is 0.422 e. The van der Waals surface area contributed by atoms with Crippen molar-refractivity contribution in [2.75, 3.05) is 12.4 Å². The number of aromatic nitrogens is 1. The second kappa shape index (κ2) is 6.58. The summed E-state index contributed by atoms with van der Waals surface area (Å²) >= 11 is 0. The molecule has 26 heavy (non-hydrogen) atoms. The highest BCUT2D eigenvalue weighted by Gasteiger charge is 2.38. The third-order valence-electron chi connectivity index (χ3n) is 3.88. The van der Waals surface area contributed by atoms with Crippen molar-refractivity contribution in [3.63, 3.8) is 0 Å². The number of nitrogens with zero attached hydrogens (tertiary/aromatic N) is 2. The average molecular weight is 375 g/mol. The molecule has 1 aliphatic carbocycles. The number of urea groups is 1. The lowest BCUT2D eigenvalue weighted by Crippen LogP contribution is -2.31. The summed E-state index contributed by atoms with van der Waals surface area (Å²) in [5.74, 6) is -2.52. The smallest absolute Gasteiger partial charge is 0.361 e. The molecule has 0 radical (unpaired) electrons. The van der Waals surface area contributed by atoms with E-state index in [2.05, 4.69) is 10.5 Å². The minimum Gasteiger partial charge on any atom is -0.361 e. The Kier molecular flexibility index (Phi) is 4.59. The van der Waals surface area contributed by atoms with Gasteiger partial charge in [-0.1, -0.05) is 5.16 Å². The number of benzene rings is 1. The number of nitrogens with one attached hydrogen (secondary N) is 1. The summed E-state index contributed by atoms with van der Waals surface area (Å²) in [5, 5.41) is 5.98. The number of alkyl halides is 3. The Hall–Kier alpha value is -2.65. The maximum atomic E-state index is 13.5. The molecule has 2 amide bonds. The molecule has 0 aliphatic heterocycles. The van der Waals surface area contributed by atoms with Gasteiger partial charge >= 0.3 is 12.2 Å². The highest BCUT2D eigenvalue weighted by atomic mass is 19.4. The summed E-state index contributed by atoms with van der Waals surface area (Å²) < 4.78 is 69.9. The Morgan fingerprint density at radius 3 is 2.42 bits per heavy atom. The van der Waals surface area contributed by atoms with Crippen LogP contribution in [0.3, 0.4) is 0 Å². The van der Waals surface area contributed by atoms with E-state index in [-0.39, 0.29) is 6.54 Å². The topological polar surface area (TPSA) is 58.4 Å². The van der Waals surface area contributed by atoms with E-state index in [9.17, 15) is 26.7 Å². The van der Waals surface area contributed by atoms with Gasteiger partial charge in [0.05, 0.1) is 6.54 Å². The van der Waals surface area contributed by atoms with Crippen molar-refractivity contribution in [1.29, 1.82) is 0 Å². The van der Waals surface area contributed by atoms with Crippen LogP contribution in [0.4, 0.5) is 32.4 Å². The van der Waals surface area contributed by atoms with Crippen molar-refractivity contribution in [3.8, 4) is 0 Å². The number of halogens is 5. The summed E-state index contributed by atoms with van der Waals surface area (Å²) in [4.78, 5) is 13.2. The molecule has 1 aromatic heterocycles. The van der Waals surface area contributed by atoms with E-state index < -0.39 is 35.1 Å². The van der Waals surface area contributed by atoms with E-state index in [0.717, 1.165) is 23.5 Å². The molecule has 0 saturated heterocycles. The lowest BCUT2D eigenvalue weighted by molar-refractivity contribution is -0.142. The molecule has 10 heteroatoms. The first-order valence-corrected chi connectivity index (χ1v) is 7.69. The van der Waals surface area contributed by atoms with E-state index in [4.69, 9.17) is 4.52 Å². The van der Waals surface area contributed by atoms with Crippen LogP contribution in [0, 0.1) is 11.6 Å². The number of amides is 2. The average Bonchev–Trinajstić information content (AvgIpc) is 3.25. The molecule has 1 heterocycles. The molecule has 3 rings (SSSR count). The SMILES string of the molecule is CN(Cc1cc(C2CC2)on1)C(=O)Nc1cc(F)c(C(F)(F)F)c(F)c1. The fourth-order valence-electron chi connectivity index (χ4n) is 2.41. The molecule has 1 aliphatic rings. The van der Waals surface area contributed by atoms with Crippen LogP contribution in [-0.2, 0) is 12.7 Å². The lowest BCUT2D eigenvalue weighted by atomic mass is 10.1. The maximum absolute atomic E-state index is 13.5. The second-order valence-corrected chi connectivity index (χ2v) is 6.09. The van der Waals surface area contributed by atoms with Crippen molar-refractivity contribution < 1.29 is 31.3 Å². The zero-order valence-electron chi connectivity index (χ0n) is 13.5. The van der Waals surface area contributed by atoms with Gasteiger partial charge < -0.3 is 14.7 Å². The third kappa shape index (κ3) is 3.94. The lowest BCUT2D eigenvalue weighted by Gasteiger charge is -2.17. The second-order valence-electron chi connectivity index (χ2n) is 6.09. The van der Waals surface area contributed by atoms with Crippen LogP contribution in [-0.4, -0.2) is 23.1 Å². The number of hydrogen-bond donors (Lipinski definition) is 1. The van der Waals surface area contributed by atoms with Gasteiger partial charge in [0.25, 0.3) is 0 Å². The van der Waals surface area contributed by atoms with Crippen LogP contribution >= 0.6 is 0 Å². The molecular weight excluding hydrogens is 361 g/mol. The molecule has 1 fully saturated rings. The Bertz CT molecular complexity index is 807. The van der Waals surface area contributed by atoms with E-state index >= 15 is 0 Å². The molecule has 5 nitrogen and oxygen atoms in total. The fourth-order valence-corrected chi connectivity index (χ4v) is 2.41. The fraction of sp³-hybridized carbons (Fsp3) is 0.375. The Balaban J connectivity index is 1.66. The molecule has 140 valence electrons. The van der Waals surface area contributed by atoms with Gasteiger partial charge in [-0.2, -0.15) is 13.2 Å². The van der Waals surface area contributed by atoms with Crippen LogP contribution in [0.1, 0.15) is 35.8 Å². The predicted octanol–water partition coefficient (Wildman–Crippen LogP) is 4.51. The first kappa shape index (κ1) is 18.2. The van der Waals surface area contributed by atoms with E-state index in [1.54, 1.807) is 6.07 Å². The first-order valence-electron chi connectivity index (χ1n) is 7.69. The van der Waals surface area contributed by atoms with Crippen molar-refractivity contribution in [1.82, 2.24) is 10.1 Å². The number of anilines is 1. The van der Waals surface area contributed by atoms with Crippen LogP contribution in [0.2, 0.25) is 0 Å². The first-order chi connectivity index (χ1) is 12.1. The molecule has 2 aromatic rings. The monoisotopic (exact) mass is 375 g/mol. The normalized spacial score (nSPS) is 14.4. The van der Waals surface area contributed by atoms with Gasteiger partial charge in [-0.3, -0.25) is 0 Å². The van der Waals surface area contributed by atoms with Gasteiger partial charge in [0, 0.05) is 24.7 Å². The molecule has 1 saturated carbocycles. The van der Waals surface area contributed by atoms with Crippen LogP contribution in [0.5, 0.6) is 0 Å². The summed E-state index contributed by atoms with van der Waals surface area (Å²) in [5.41, 5.74) is -1.93. The molecule has 0 bridgehead atoms. The molecule has 0 unspecified atom stereocenters. The zero-order valence-corrected chi connectivity index (χ0v) is 13.5. The van der Waals surface area contributed by atoms with Crippen molar-refractivity contribution in [2.45, 2.75) is 31.5 Å². The highest BCUT2D eigenvalue weighted by Crippen LogP contribution is 2.40. The van der Waals surface area contributed by atoms with E-state index in [0.29, 0.717) is 23.7 Å². The molecular formula is C16H14F5N3O2. The Morgan fingerprint density at radius 2 is 1.88 bits per heavy atom. The summed E-state index contributed by atoms with van der Waals surface area (Å²) in [6, 6.07) is 1.79. The summed E-state index contributed by atoms with van der Waals surface area (Å²) in [6.45, 7) is 0.0631. The van der Waals surface area contributed by atoms with Crippen molar-refractivity contribution in [2.24, 2.45) is 0 Å². The van der Waals surface area contributed by atoms with Crippen LogP contribution < -0.4 is 5.32 Å². The molecule has 1 aromatic carbocycles. The number of rotatable bonds is 4. The van der Waals surface area contributed by atoms with Gasteiger partial charge in [-0.05, 0) is 25.0 Å². The molecule has 0 atom stereocenters. The standard InChI is InChI=1S/C16H14F5N3O2/c1-24(7-10-6-13(26-23-10)8-2-3-8)15(25)22-9-4-11(17)14(12(18)5-9)16(19,20)21/h4-6,8H,2-3,7H2,1H3,(H,22,25). The molecule has 1 N–H and O–H groups in total. The zero-order chi connectivity index (χ0) is 19.1. The largest absolute Gasteiger partial charge is 0.422 e. The Morgan fingerprint density at radius 1 is 1.27 bits per heavy atom. The number of carbonyl (C=O) groups excluding carboxylic acids is 1. The minimum atomic E-state index is -5.17. The van der Waals surface area contributed by atoms with Crippen molar-refractivity contribution >= 4 is 11.7 Å². The van der Waals surface area contributed by atoms with E-state index in [1.165, 1.54) is 7.05 Å².